The predicted octanol–water partition coefficient (Wildman–Crippen LogP) is 3.51. The number of thiophene rings is 1. The average Bonchev–Trinajstić information content (AvgIpc) is 3.10. The molecule has 24 heavy (non-hydrogen) atoms. The van der Waals surface area contributed by atoms with Crippen molar-refractivity contribution in [3.05, 3.63) is 41.8 Å². The van der Waals surface area contributed by atoms with E-state index < -0.39 is 10.0 Å². The van der Waals surface area contributed by atoms with Gasteiger partial charge in [-0.1, -0.05) is 12.1 Å². The first kappa shape index (κ1) is 19.0. The molecule has 2 rings (SSSR count). The summed E-state index contributed by atoms with van der Waals surface area (Å²) in [5.74, 6) is -0.116. The minimum atomic E-state index is -3.44. The summed E-state index contributed by atoms with van der Waals surface area (Å²) < 4.78 is 26.1. The molecule has 8 heteroatoms. The molecule has 2 aromatic rings. The van der Waals surface area contributed by atoms with Crippen LogP contribution in [0.4, 0.5) is 5.69 Å². The molecular weight excluding hydrogens is 364 g/mol. The van der Waals surface area contributed by atoms with Crippen molar-refractivity contribution < 1.29 is 13.2 Å². The van der Waals surface area contributed by atoms with Crippen LogP contribution in [0, 0.1) is 0 Å². The van der Waals surface area contributed by atoms with Gasteiger partial charge in [0.2, 0.25) is 5.91 Å². The highest BCUT2D eigenvalue weighted by Crippen LogP contribution is 2.21. The molecule has 0 fully saturated rings. The molecule has 0 spiro atoms. The van der Waals surface area contributed by atoms with E-state index in [1.54, 1.807) is 29.3 Å². The van der Waals surface area contributed by atoms with Gasteiger partial charge in [-0.05, 0) is 42.3 Å². The Bertz CT molecular complexity index is 774. The van der Waals surface area contributed by atoms with Gasteiger partial charge in [-0.3, -0.25) is 4.79 Å². The van der Waals surface area contributed by atoms with E-state index in [1.165, 1.54) is 22.7 Å². The molecule has 1 aromatic carbocycles. The zero-order valence-corrected chi connectivity index (χ0v) is 16.0. The summed E-state index contributed by atoms with van der Waals surface area (Å²) in [5, 5.41) is 4.57. The zero-order valence-electron chi connectivity index (χ0n) is 13.6. The molecule has 0 saturated carbocycles. The summed E-state index contributed by atoms with van der Waals surface area (Å²) in [4.78, 5) is 13.1. The molecule has 0 aliphatic carbocycles. The lowest BCUT2D eigenvalue weighted by Gasteiger charge is -2.15. The Morgan fingerprint density at radius 3 is 2.75 bits per heavy atom. The van der Waals surface area contributed by atoms with Gasteiger partial charge >= 0.3 is 0 Å². The van der Waals surface area contributed by atoms with Crippen molar-refractivity contribution in [3.63, 3.8) is 0 Å². The number of nitrogens with one attached hydrogen (secondary N) is 1. The number of anilines is 1. The number of carbonyl (C=O) groups excluding carboxylic acids is 1. The van der Waals surface area contributed by atoms with Crippen LogP contribution >= 0.6 is 23.1 Å². The SMILES string of the molecule is CSc1cccc(NC(=O)CCCN(C)S(=O)(=O)c2cccs2)c1. The van der Waals surface area contributed by atoms with Crippen LogP contribution in [0.2, 0.25) is 0 Å². The van der Waals surface area contributed by atoms with E-state index in [0.29, 0.717) is 17.2 Å². The topological polar surface area (TPSA) is 66.5 Å². The normalized spacial score (nSPS) is 11.6. The number of benzene rings is 1. The van der Waals surface area contributed by atoms with Crippen LogP contribution in [0.25, 0.3) is 0 Å². The largest absolute Gasteiger partial charge is 0.326 e. The van der Waals surface area contributed by atoms with Gasteiger partial charge in [0.25, 0.3) is 10.0 Å². The number of sulfonamides is 1. The van der Waals surface area contributed by atoms with Crippen molar-refractivity contribution in [3.8, 4) is 0 Å². The van der Waals surface area contributed by atoms with E-state index in [-0.39, 0.29) is 12.3 Å². The smallest absolute Gasteiger partial charge is 0.252 e. The van der Waals surface area contributed by atoms with Gasteiger partial charge in [0.05, 0.1) is 0 Å². The maximum Gasteiger partial charge on any atom is 0.252 e. The lowest BCUT2D eigenvalue weighted by atomic mass is 10.2. The molecule has 0 saturated heterocycles. The Balaban J connectivity index is 1.82. The fraction of sp³-hybridized carbons (Fsp3) is 0.312. The van der Waals surface area contributed by atoms with Crippen molar-refractivity contribution in [2.45, 2.75) is 21.9 Å². The summed E-state index contributed by atoms with van der Waals surface area (Å²) in [6, 6.07) is 10.9. The quantitative estimate of drug-likeness (QED) is 0.707. The first-order valence-electron chi connectivity index (χ1n) is 7.37. The van der Waals surface area contributed by atoms with Crippen LogP contribution in [0.3, 0.4) is 0 Å². The lowest BCUT2D eigenvalue weighted by molar-refractivity contribution is -0.116. The van der Waals surface area contributed by atoms with Crippen LogP contribution < -0.4 is 5.32 Å². The fourth-order valence-electron chi connectivity index (χ4n) is 2.07. The number of carbonyl (C=O) groups is 1. The van der Waals surface area contributed by atoms with Crippen LogP contribution in [0.1, 0.15) is 12.8 Å². The van der Waals surface area contributed by atoms with Gasteiger partial charge in [0.15, 0.2) is 0 Å². The summed E-state index contributed by atoms with van der Waals surface area (Å²) in [6.45, 7) is 0.304. The Morgan fingerprint density at radius 2 is 2.08 bits per heavy atom. The molecule has 0 atom stereocenters. The molecule has 0 aliphatic heterocycles. The summed E-state index contributed by atoms with van der Waals surface area (Å²) >= 11 is 2.80. The first-order chi connectivity index (χ1) is 11.4. The van der Waals surface area contributed by atoms with Crippen molar-refractivity contribution in [2.75, 3.05) is 25.2 Å². The Kier molecular flexibility index (Phi) is 6.85. The average molecular weight is 385 g/mol. The van der Waals surface area contributed by atoms with Crippen LogP contribution in [0.15, 0.2) is 50.9 Å². The van der Waals surface area contributed by atoms with E-state index in [4.69, 9.17) is 0 Å². The number of thioether (sulfide) groups is 1. The number of amides is 1. The van der Waals surface area contributed by atoms with Gasteiger partial charge in [-0.15, -0.1) is 23.1 Å². The van der Waals surface area contributed by atoms with Crippen molar-refractivity contribution in [2.24, 2.45) is 0 Å². The Labute approximate surface area is 151 Å². The van der Waals surface area contributed by atoms with E-state index >= 15 is 0 Å². The molecule has 1 heterocycles. The zero-order chi connectivity index (χ0) is 17.6. The molecule has 1 amide bonds. The van der Waals surface area contributed by atoms with Gasteiger partial charge in [0, 0.05) is 30.6 Å². The first-order valence-corrected chi connectivity index (χ1v) is 10.9. The lowest BCUT2D eigenvalue weighted by Crippen LogP contribution is -2.28. The molecular formula is C16H20N2O3S3. The molecule has 1 N–H and O–H groups in total. The second kappa shape index (κ2) is 8.66. The monoisotopic (exact) mass is 384 g/mol. The van der Waals surface area contributed by atoms with Crippen LogP contribution in [-0.2, 0) is 14.8 Å². The molecule has 1 aromatic heterocycles. The molecule has 0 bridgehead atoms. The second-order valence-electron chi connectivity index (χ2n) is 5.14. The van der Waals surface area contributed by atoms with E-state index in [2.05, 4.69) is 5.32 Å². The highest BCUT2D eigenvalue weighted by Gasteiger charge is 2.21. The van der Waals surface area contributed by atoms with Crippen molar-refractivity contribution in [1.82, 2.24) is 4.31 Å². The summed E-state index contributed by atoms with van der Waals surface area (Å²) in [7, 11) is -1.91. The van der Waals surface area contributed by atoms with Crippen molar-refractivity contribution in [1.29, 1.82) is 0 Å². The molecule has 130 valence electrons. The maximum atomic E-state index is 12.3. The number of hydrogen-bond acceptors (Lipinski definition) is 5. The molecule has 5 nitrogen and oxygen atoms in total. The summed E-state index contributed by atoms with van der Waals surface area (Å²) in [5.41, 5.74) is 0.756. The fourth-order valence-corrected chi connectivity index (χ4v) is 4.94. The predicted molar refractivity (Wildman–Crippen MR) is 100 cm³/mol. The molecule has 0 unspecified atom stereocenters. The van der Waals surface area contributed by atoms with Crippen molar-refractivity contribution >= 4 is 44.7 Å². The van der Waals surface area contributed by atoms with E-state index in [0.717, 1.165) is 10.6 Å². The standard InChI is InChI=1S/C16H20N2O3S3/c1-18(24(20,21)16-9-5-11-23-16)10-4-8-15(19)17-13-6-3-7-14(12-13)22-2/h3,5-7,9,11-12H,4,8,10H2,1-2H3,(H,17,19). The van der Waals surface area contributed by atoms with Crippen LogP contribution in [-0.4, -0.2) is 38.5 Å². The second-order valence-corrected chi connectivity index (χ2v) is 9.24. The van der Waals surface area contributed by atoms with Gasteiger partial charge in [-0.2, -0.15) is 0 Å². The third-order valence-corrected chi connectivity index (χ3v) is 7.35. The third-order valence-electron chi connectivity index (χ3n) is 3.39. The Hall–Kier alpha value is -1.35. The maximum absolute atomic E-state index is 12.3. The third kappa shape index (κ3) is 5.07. The summed E-state index contributed by atoms with van der Waals surface area (Å²) in [6.07, 6.45) is 2.72. The highest BCUT2D eigenvalue weighted by atomic mass is 32.2. The number of nitrogens with zero attached hydrogens (tertiary/aromatic N) is 1. The Morgan fingerprint density at radius 1 is 1.29 bits per heavy atom. The number of hydrogen-bond donors (Lipinski definition) is 1. The van der Waals surface area contributed by atoms with Crippen LogP contribution in [0.5, 0.6) is 0 Å². The number of rotatable bonds is 8. The highest BCUT2D eigenvalue weighted by molar-refractivity contribution is 7.98. The van der Waals surface area contributed by atoms with Gasteiger partial charge in [-0.25, -0.2) is 12.7 Å². The minimum absolute atomic E-state index is 0.116. The van der Waals surface area contributed by atoms with E-state index in [9.17, 15) is 13.2 Å². The minimum Gasteiger partial charge on any atom is -0.326 e. The molecule has 0 radical (unpaired) electrons. The molecule has 0 aliphatic rings. The van der Waals surface area contributed by atoms with Gasteiger partial charge < -0.3 is 5.32 Å². The van der Waals surface area contributed by atoms with E-state index in [1.807, 2.05) is 30.5 Å². The van der Waals surface area contributed by atoms with Gasteiger partial charge in [0.1, 0.15) is 4.21 Å².